The lowest BCUT2D eigenvalue weighted by molar-refractivity contribution is 0.0739. The highest BCUT2D eigenvalue weighted by atomic mass is 35.5. The molecule has 3 aromatic rings. The Morgan fingerprint density at radius 2 is 1.56 bits per heavy atom. The van der Waals surface area contributed by atoms with Gasteiger partial charge in [0.1, 0.15) is 28.7 Å². The normalized spacial score (nSPS) is 13.7. The summed E-state index contributed by atoms with van der Waals surface area (Å²) in [7, 11) is 3.12. The van der Waals surface area contributed by atoms with E-state index in [1.54, 1.807) is 26.4 Å². The molecule has 7 nitrogen and oxygen atoms in total. The number of carbonyl (C=O) groups excluding carboxylic acids is 1. The minimum atomic E-state index is -0.0922. The number of nitrogens with zero attached hydrogens (tertiary/aromatic N) is 4. The monoisotopic (exact) mass is 480 g/mol. The molecule has 1 aliphatic rings. The van der Waals surface area contributed by atoms with Crippen molar-refractivity contribution in [1.82, 2.24) is 14.9 Å². The summed E-state index contributed by atoms with van der Waals surface area (Å²) in [6.45, 7) is 6.43. The number of benzene rings is 2. The van der Waals surface area contributed by atoms with Crippen LogP contribution in [0, 0.1) is 13.8 Å². The van der Waals surface area contributed by atoms with E-state index in [0.717, 1.165) is 34.9 Å². The zero-order chi connectivity index (χ0) is 24.2. The number of amides is 1. The second kappa shape index (κ2) is 10.3. The summed E-state index contributed by atoms with van der Waals surface area (Å²) in [5.41, 5.74) is 3.67. The van der Waals surface area contributed by atoms with Crippen molar-refractivity contribution in [2.75, 3.05) is 45.3 Å². The Kier molecular flexibility index (Phi) is 7.22. The highest BCUT2D eigenvalue weighted by Crippen LogP contribution is 2.31. The highest BCUT2D eigenvalue weighted by molar-refractivity contribution is 6.30. The summed E-state index contributed by atoms with van der Waals surface area (Å²) in [4.78, 5) is 26.9. The lowest BCUT2D eigenvalue weighted by Crippen LogP contribution is -2.49. The van der Waals surface area contributed by atoms with Gasteiger partial charge >= 0.3 is 0 Å². The average Bonchev–Trinajstić information content (AvgIpc) is 2.85. The van der Waals surface area contributed by atoms with Crippen LogP contribution in [-0.4, -0.2) is 61.2 Å². The third kappa shape index (κ3) is 4.94. The number of hydrogen-bond donors (Lipinski definition) is 0. The number of methoxy groups -OCH3 is 2. The topological polar surface area (TPSA) is 67.8 Å². The van der Waals surface area contributed by atoms with Gasteiger partial charge in [0.05, 0.1) is 14.2 Å². The summed E-state index contributed by atoms with van der Waals surface area (Å²) in [5.74, 6) is 2.61. The second-order valence-corrected chi connectivity index (χ2v) is 8.71. The molecule has 0 N–H and O–H groups in total. The average molecular weight is 481 g/mol. The van der Waals surface area contributed by atoms with Crippen LogP contribution in [0.4, 0.5) is 5.82 Å². The van der Waals surface area contributed by atoms with Crippen LogP contribution in [0.15, 0.2) is 42.5 Å². The molecule has 0 spiro atoms. The molecule has 1 saturated heterocycles. The maximum absolute atomic E-state index is 13.4. The molecule has 8 heteroatoms. The summed E-state index contributed by atoms with van der Waals surface area (Å²) in [6.07, 6.45) is 0.718. The van der Waals surface area contributed by atoms with Gasteiger partial charge in [0.25, 0.3) is 5.91 Å². The first-order valence-electron chi connectivity index (χ1n) is 11.2. The van der Waals surface area contributed by atoms with Crippen LogP contribution in [0.1, 0.15) is 33.0 Å². The van der Waals surface area contributed by atoms with E-state index in [9.17, 15) is 4.79 Å². The lowest BCUT2D eigenvalue weighted by Gasteiger charge is -2.37. The van der Waals surface area contributed by atoms with Gasteiger partial charge in [0.2, 0.25) is 0 Å². The molecule has 2 aromatic carbocycles. The van der Waals surface area contributed by atoms with E-state index in [1.165, 1.54) is 0 Å². The molecule has 1 aliphatic heterocycles. The zero-order valence-electron chi connectivity index (χ0n) is 20.0. The van der Waals surface area contributed by atoms with Gasteiger partial charge in [0.15, 0.2) is 0 Å². The molecule has 1 aromatic heterocycles. The Morgan fingerprint density at radius 3 is 2.15 bits per heavy atom. The van der Waals surface area contributed by atoms with Gasteiger partial charge in [-0.05, 0) is 43.7 Å². The van der Waals surface area contributed by atoms with Gasteiger partial charge in [-0.2, -0.15) is 0 Å². The molecule has 178 valence electrons. The smallest absolute Gasteiger partial charge is 0.261 e. The predicted octanol–water partition coefficient (Wildman–Crippen LogP) is 4.32. The molecular weight excluding hydrogens is 452 g/mol. The fourth-order valence-electron chi connectivity index (χ4n) is 4.33. The fraction of sp³-hybridized carbons (Fsp3) is 0.346. The molecule has 4 rings (SSSR count). The van der Waals surface area contributed by atoms with Gasteiger partial charge in [-0.15, -0.1) is 0 Å². The SMILES string of the molecule is COc1cccc(OC)c1C(=O)N1CCN(c2nc(C)nc(C)c2Cc2ccc(Cl)cc2)CC1. The number of piperazine rings is 1. The number of halogens is 1. The van der Waals surface area contributed by atoms with Crippen LogP contribution in [0.25, 0.3) is 0 Å². The Bertz CT molecular complexity index is 1150. The van der Waals surface area contributed by atoms with Crippen LogP contribution in [-0.2, 0) is 6.42 Å². The maximum atomic E-state index is 13.4. The van der Waals surface area contributed by atoms with Gasteiger partial charge in [-0.3, -0.25) is 4.79 Å². The van der Waals surface area contributed by atoms with Crippen molar-refractivity contribution in [2.24, 2.45) is 0 Å². The maximum Gasteiger partial charge on any atom is 0.261 e. The molecule has 0 radical (unpaired) electrons. The van der Waals surface area contributed by atoms with Crippen molar-refractivity contribution in [2.45, 2.75) is 20.3 Å². The van der Waals surface area contributed by atoms with Crippen molar-refractivity contribution in [3.8, 4) is 11.5 Å². The Morgan fingerprint density at radius 1 is 0.941 bits per heavy atom. The molecule has 0 aliphatic carbocycles. The van der Waals surface area contributed by atoms with E-state index in [-0.39, 0.29) is 5.91 Å². The lowest BCUT2D eigenvalue weighted by atomic mass is 10.0. The number of rotatable bonds is 6. The summed E-state index contributed by atoms with van der Waals surface area (Å²) in [5, 5.41) is 0.716. The molecule has 0 atom stereocenters. The van der Waals surface area contributed by atoms with Gasteiger partial charge in [-0.25, -0.2) is 9.97 Å². The first kappa shape index (κ1) is 23.8. The van der Waals surface area contributed by atoms with E-state index in [1.807, 2.05) is 49.1 Å². The summed E-state index contributed by atoms with van der Waals surface area (Å²) >= 11 is 6.06. The van der Waals surface area contributed by atoms with E-state index in [2.05, 4.69) is 9.88 Å². The number of hydrogen-bond acceptors (Lipinski definition) is 6. The molecule has 1 amide bonds. The van der Waals surface area contributed by atoms with Gasteiger partial charge in [0, 0.05) is 48.9 Å². The Balaban J connectivity index is 1.55. The third-order valence-electron chi connectivity index (χ3n) is 6.11. The fourth-order valence-corrected chi connectivity index (χ4v) is 4.46. The largest absolute Gasteiger partial charge is 0.496 e. The number of carbonyl (C=O) groups is 1. The van der Waals surface area contributed by atoms with Crippen molar-refractivity contribution >= 4 is 23.3 Å². The zero-order valence-corrected chi connectivity index (χ0v) is 20.7. The number of anilines is 1. The first-order valence-corrected chi connectivity index (χ1v) is 11.6. The van der Waals surface area contributed by atoms with E-state index < -0.39 is 0 Å². The van der Waals surface area contributed by atoms with E-state index >= 15 is 0 Å². The van der Waals surface area contributed by atoms with Crippen LogP contribution >= 0.6 is 11.6 Å². The minimum absolute atomic E-state index is 0.0922. The molecular formula is C26H29ClN4O3. The van der Waals surface area contributed by atoms with Crippen LogP contribution in [0.5, 0.6) is 11.5 Å². The van der Waals surface area contributed by atoms with Crippen LogP contribution in [0.3, 0.4) is 0 Å². The van der Waals surface area contributed by atoms with Crippen LogP contribution < -0.4 is 14.4 Å². The standard InChI is InChI=1S/C26H29ClN4O3/c1-17-21(16-19-8-10-20(27)11-9-19)25(29-18(2)28-17)30-12-14-31(15-13-30)26(32)24-22(33-3)6-5-7-23(24)34-4/h5-11H,12-16H2,1-4H3. The highest BCUT2D eigenvalue weighted by Gasteiger charge is 2.28. The Hall–Kier alpha value is -3.32. The molecule has 0 saturated carbocycles. The van der Waals surface area contributed by atoms with Crippen LogP contribution in [0.2, 0.25) is 5.02 Å². The molecule has 2 heterocycles. The number of aryl methyl sites for hydroxylation is 2. The first-order chi connectivity index (χ1) is 16.4. The van der Waals surface area contributed by atoms with E-state index in [4.69, 9.17) is 26.1 Å². The Labute approximate surface area is 205 Å². The molecule has 0 unspecified atom stereocenters. The summed E-state index contributed by atoms with van der Waals surface area (Å²) in [6, 6.07) is 13.2. The van der Waals surface area contributed by atoms with Gasteiger partial charge < -0.3 is 19.3 Å². The van der Waals surface area contributed by atoms with Crippen molar-refractivity contribution in [1.29, 1.82) is 0 Å². The number of ether oxygens (including phenoxy) is 2. The third-order valence-corrected chi connectivity index (χ3v) is 6.36. The molecule has 34 heavy (non-hydrogen) atoms. The minimum Gasteiger partial charge on any atom is -0.496 e. The molecule has 1 fully saturated rings. The van der Waals surface area contributed by atoms with Crippen molar-refractivity contribution in [3.05, 3.63) is 75.7 Å². The predicted molar refractivity (Wildman–Crippen MR) is 133 cm³/mol. The van der Waals surface area contributed by atoms with Crippen molar-refractivity contribution in [3.63, 3.8) is 0 Å². The van der Waals surface area contributed by atoms with E-state index in [0.29, 0.717) is 48.3 Å². The molecule has 0 bridgehead atoms. The van der Waals surface area contributed by atoms with Gasteiger partial charge in [-0.1, -0.05) is 29.8 Å². The second-order valence-electron chi connectivity index (χ2n) is 8.28. The quantitative estimate of drug-likeness (QED) is 0.523. The van der Waals surface area contributed by atoms with Crippen molar-refractivity contribution < 1.29 is 14.3 Å². The summed E-state index contributed by atoms with van der Waals surface area (Å²) < 4.78 is 10.9. The number of aromatic nitrogens is 2.